The molecule has 1 aromatic carbocycles. The number of amides is 1. The first-order valence-electron chi connectivity index (χ1n) is 9.06. The quantitative estimate of drug-likeness (QED) is 0.828. The van der Waals surface area contributed by atoms with Gasteiger partial charge in [0.2, 0.25) is 11.8 Å². The second kappa shape index (κ2) is 7.79. The lowest BCUT2D eigenvalue weighted by molar-refractivity contribution is -0.125. The maximum atomic E-state index is 13.3. The van der Waals surface area contributed by atoms with Gasteiger partial charge < -0.3 is 10.4 Å². The van der Waals surface area contributed by atoms with Gasteiger partial charge in [0.1, 0.15) is 0 Å². The molecular weight excluding hydrogens is 326 g/mol. The summed E-state index contributed by atoms with van der Waals surface area (Å²) in [6, 6.07) is 8.06. The highest BCUT2D eigenvalue weighted by Gasteiger charge is 2.42. The van der Waals surface area contributed by atoms with Crippen molar-refractivity contribution in [2.45, 2.75) is 57.2 Å². The van der Waals surface area contributed by atoms with Crippen molar-refractivity contribution in [1.82, 2.24) is 10.2 Å². The topological polar surface area (TPSA) is 52.6 Å². The zero-order valence-electron chi connectivity index (χ0n) is 14.4. The van der Waals surface area contributed by atoms with Crippen molar-refractivity contribution in [3.8, 4) is 0 Å². The summed E-state index contributed by atoms with van der Waals surface area (Å²) in [6.07, 6.45) is 1.81. The maximum Gasteiger partial charge on any atom is 0.248 e. The third kappa shape index (κ3) is 4.55. The van der Waals surface area contributed by atoms with Gasteiger partial charge in [0.15, 0.2) is 0 Å². The highest BCUT2D eigenvalue weighted by molar-refractivity contribution is 5.79. The molecule has 2 unspecified atom stereocenters. The molecule has 0 spiro atoms. The van der Waals surface area contributed by atoms with Crippen LogP contribution in [0.1, 0.15) is 43.2 Å². The van der Waals surface area contributed by atoms with Crippen molar-refractivity contribution in [3.63, 3.8) is 0 Å². The van der Waals surface area contributed by atoms with Crippen molar-refractivity contribution in [2.75, 3.05) is 13.2 Å². The van der Waals surface area contributed by atoms with Gasteiger partial charge in [-0.05, 0) is 36.9 Å². The Morgan fingerprint density at radius 3 is 2.72 bits per heavy atom. The molecule has 3 rings (SSSR count). The normalized spacial score (nSPS) is 26.0. The molecule has 138 valence electrons. The van der Waals surface area contributed by atoms with Crippen LogP contribution in [0, 0.1) is 5.92 Å². The van der Waals surface area contributed by atoms with Gasteiger partial charge in [0, 0.05) is 37.9 Å². The highest BCUT2D eigenvalue weighted by atomic mass is 19.3. The summed E-state index contributed by atoms with van der Waals surface area (Å²) in [4.78, 5) is 14.4. The summed E-state index contributed by atoms with van der Waals surface area (Å²) in [5.41, 5.74) is 2.11. The lowest BCUT2D eigenvalue weighted by Gasteiger charge is -2.24. The Morgan fingerprint density at radius 1 is 1.28 bits per heavy atom. The number of halogens is 2. The first kappa shape index (κ1) is 18.3. The molecule has 1 saturated heterocycles. The number of aliphatic hydroxyl groups excluding tert-OH is 1. The molecule has 1 aliphatic heterocycles. The van der Waals surface area contributed by atoms with Crippen molar-refractivity contribution < 1.29 is 18.7 Å². The van der Waals surface area contributed by atoms with Crippen LogP contribution in [0.4, 0.5) is 8.78 Å². The smallest absolute Gasteiger partial charge is 0.248 e. The Morgan fingerprint density at radius 2 is 2.04 bits per heavy atom. The van der Waals surface area contributed by atoms with E-state index < -0.39 is 11.8 Å². The molecule has 4 nitrogen and oxygen atoms in total. The van der Waals surface area contributed by atoms with Crippen molar-refractivity contribution >= 4 is 5.91 Å². The van der Waals surface area contributed by atoms with E-state index in [0.29, 0.717) is 6.54 Å². The summed E-state index contributed by atoms with van der Waals surface area (Å²) in [5.74, 6) is -3.56. The monoisotopic (exact) mass is 352 g/mol. The Labute approximate surface area is 147 Å². The summed E-state index contributed by atoms with van der Waals surface area (Å²) >= 11 is 0. The molecule has 2 fully saturated rings. The average Bonchev–Trinajstić information content (AvgIpc) is 3.19. The number of likely N-dealkylation sites (tertiary alicyclic amines) is 1. The Bertz CT molecular complexity index is 609. The number of nitrogens with one attached hydrogen (secondary N) is 1. The van der Waals surface area contributed by atoms with E-state index in [4.69, 9.17) is 0 Å². The van der Waals surface area contributed by atoms with Crippen LogP contribution in [0.25, 0.3) is 0 Å². The molecular formula is C19H26F2N2O2. The molecule has 1 heterocycles. The Balaban J connectivity index is 1.58. The first-order chi connectivity index (χ1) is 12.0. The van der Waals surface area contributed by atoms with Crippen molar-refractivity contribution in [2.24, 2.45) is 5.92 Å². The van der Waals surface area contributed by atoms with Gasteiger partial charge in [0.05, 0.1) is 6.61 Å². The van der Waals surface area contributed by atoms with E-state index in [1.807, 2.05) is 24.3 Å². The second-order valence-electron chi connectivity index (χ2n) is 7.23. The third-order valence-electron chi connectivity index (χ3n) is 5.43. The molecule has 2 N–H and O–H groups in total. The van der Waals surface area contributed by atoms with E-state index in [1.165, 1.54) is 0 Å². The van der Waals surface area contributed by atoms with E-state index in [1.54, 1.807) is 0 Å². The molecule has 0 radical (unpaired) electrons. The summed E-state index contributed by atoms with van der Waals surface area (Å²) < 4.78 is 26.5. The minimum atomic E-state index is -2.70. The Kier molecular flexibility index (Phi) is 5.69. The largest absolute Gasteiger partial charge is 0.395 e. The van der Waals surface area contributed by atoms with Crippen LogP contribution in [0.3, 0.4) is 0 Å². The fourth-order valence-corrected chi connectivity index (χ4v) is 3.91. The molecule has 1 amide bonds. The van der Waals surface area contributed by atoms with Gasteiger partial charge in [-0.2, -0.15) is 0 Å². The first-order valence-corrected chi connectivity index (χ1v) is 9.06. The zero-order chi connectivity index (χ0) is 17.9. The van der Waals surface area contributed by atoms with Crippen LogP contribution in [0.15, 0.2) is 24.3 Å². The highest BCUT2D eigenvalue weighted by Crippen LogP contribution is 2.38. The number of aliphatic hydroxyl groups is 1. The molecule has 6 heteroatoms. The predicted octanol–water partition coefficient (Wildman–Crippen LogP) is 2.69. The van der Waals surface area contributed by atoms with E-state index in [-0.39, 0.29) is 37.8 Å². The lowest BCUT2D eigenvalue weighted by atomic mass is 10.0. The molecule has 1 aliphatic carbocycles. The summed E-state index contributed by atoms with van der Waals surface area (Å²) in [7, 11) is 0. The van der Waals surface area contributed by atoms with E-state index in [2.05, 4.69) is 10.2 Å². The van der Waals surface area contributed by atoms with Crippen LogP contribution in [-0.4, -0.2) is 41.0 Å². The molecule has 25 heavy (non-hydrogen) atoms. The fourth-order valence-electron chi connectivity index (χ4n) is 3.91. The van der Waals surface area contributed by atoms with Gasteiger partial charge in [0.25, 0.3) is 0 Å². The molecule has 2 aliphatic rings. The van der Waals surface area contributed by atoms with Crippen LogP contribution >= 0.6 is 0 Å². The number of alkyl halides is 2. The summed E-state index contributed by atoms with van der Waals surface area (Å²) in [6.45, 7) is 2.21. The molecule has 2 atom stereocenters. The number of hydrogen-bond donors (Lipinski definition) is 2. The minimum absolute atomic E-state index is 0.162. The van der Waals surface area contributed by atoms with Crippen molar-refractivity contribution in [3.05, 3.63) is 35.4 Å². The average molecular weight is 352 g/mol. The van der Waals surface area contributed by atoms with Gasteiger partial charge >= 0.3 is 0 Å². The molecule has 1 aromatic rings. The standard InChI is InChI=1S/C19H26F2N2O2/c20-19(21)8-7-14(10-19)18(25)22-11-15-4-1-2-5-16(15)12-23-9-3-6-17(23)13-24/h1-2,4-5,14,17,24H,3,6-13H2,(H,22,25). The van der Waals surface area contributed by atoms with Gasteiger partial charge in [-0.25, -0.2) is 8.78 Å². The van der Waals surface area contributed by atoms with E-state index in [9.17, 15) is 18.7 Å². The molecule has 0 aromatic heterocycles. The SMILES string of the molecule is O=C(NCc1ccccc1CN1CCCC1CO)C1CCC(F)(F)C1. The second-order valence-corrected chi connectivity index (χ2v) is 7.23. The number of carbonyl (C=O) groups is 1. The minimum Gasteiger partial charge on any atom is -0.395 e. The van der Waals surface area contributed by atoms with E-state index >= 15 is 0 Å². The third-order valence-corrected chi connectivity index (χ3v) is 5.43. The van der Waals surface area contributed by atoms with Crippen LogP contribution in [-0.2, 0) is 17.9 Å². The van der Waals surface area contributed by atoms with Crippen LogP contribution in [0.5, 0.6) is 0 Å². The number of benzene rings is 1. The van der Waals surface area contributed by atoms with Crippen LogP contribution < -0.4 is 5.32 Å². The zero-order valence-corrected chi connectivity index (χ0v) is 14.4. The predicted molar refractivity (Wildman–Crippen MR) is 91.1 cm³/mol. The number of carbonyl (C=O) groups excluding carboxylic acids is 1. The lowest BCUT2D eigenvalue weighted by Crippen LogP contribution is -2.33. The maximum absolute atomic E-state index is 13.3. The van der Waals surface area contributed by atoms with Gasteiger partial charge in [-0.1, -0.05) is 24.3 Å². The van der Waals surface area contributed by atoms with Gasteiger partial charge in [-0.15, -0.1) is 0 Å². The van der Waals surface area contributed by atoms with Crippen LogP contribution in [0.2, 0.25) is 0 Å². The summed E-state index contributed by atoms with van der Waals surface area (Å²) in [5, 5.41) is 12.3. The number of nitrogens with zero attached hydrogens (tertiary/aromatic N) is 1. The molecule has 1 saturated carbocycles. The Hall–Kier alpha value is -1.53. The molecule has 0 bridgehead atoms. The number of rotatable bonds is 6. The van der Waals surface area contributed by atoms with E-state index in [0.717, 1.165) is 37.1 Å². The van der Waals surface area contributed by atoms with Crippen molar-refractivity contribution in [1.29, 1.82) is 0 Å². The number of hydrogen-bond acceptors (Lipinski definition) is 3. The fraction of sp³-hybridized carbons (Fsp3) is 0.632. The van der Waals surface area contributed by atoms with Gasteiger partial charge in [-0.3, -0.25) is 9.69 Å².